The van der Waals surface area contributed by atoms with Crippen molar-refractivity contribution in [2.75, 3.05) is 29.5 Å². The second-order valence-electron chi connectivity index (χ2n) is 3.60. The molecule has 1 aliphatic rings. The van der Waals surface area contributed by atoms with E-state index < -0.39 is 10.8 Å². The van der Waals surface area contributed by atoms with E-state index in [1.54, 1.807) is 12.3 Å². The summed E-state index contributed by atoms with van der Waals surface area (Å²) in [6.45, 7) is 1.56. The van der Waals surface area contributed by atoms with E-state index in [9.17, 15) is 4.21 Å². The molecule has 4 nitrogen and oxygen atoms in total. The van der Waals surface area contributed by atoms with Crippen molar-refractivity contribution in [3.05, 3.63) is 23.9 Å². The Kier molecular flexibility index (Phi) is 3.50. The third-order valence-electron chi connectivity index (χ3n) is 2.53. The van der Waals surface area contributed by atoms with E-state index >= 15 is 0 Å². The maximum atomic E-state index is 11.2. The highest BCUT2D eigenvalue weighted by Gasteiger charge is 2.16. The molecule has 1 aromatic rings. The average molecular weight is 255 g/mol. The molecule has 0 atom stereocenters. The lowest BCUT2D eigenvalue weighted by Gasteiger charge is -2.27. The van der Waals surface area contributed by atoms with Gasteiger partial charge in [-0.25, -0.2) is 4.98 Å². The van der Waals surface area contributed by atoms with Crippen LogP contribution in [0.5, 0.6) is 0 Å². The first-order chi connectivity index (χ1) is 7.66. The van der Waals surface area contributed by atoms with Crippen LogP contribution in [-0.4, -0.2) is 38.8 Å². The Balaban J connectivity index is 2.17. The summed E-state index contributed by atoms with van der Waals surface area (Å²) < 4.78 is 11.2. The number of aromatic nitrogens is 1. The summed E-state index contributed by atoms with van der Waals surface area (Å²) in [4.78, 5) is 6.78. The van der Waals surface area contributed by atoms with Gasteiger partial charge in [0.2, 0.25) is 0 Å². The largest absolute Gasteiger partial charge is 0.389 e. The van der Waals surface area contributed by atoms with Crippen LogP contribution in [0.3, 0.4) is 0 Å². The van der Waals surface area contributed by atoms with Crippen LogP contribution in [0.15, 0.2) is 18.3 Å². The molecule has 0 bridgehead atoms. The van der Waals surface area contributed by atoms with Crippen molar-refractivity contribution >= 4 is 33.8 Å². The summed E-state index contributed by atoms with van der Waals surface area (Å²) in [5.74, 6) is 2.28. The number of nitrogens with two attached hydrogens (primary N) is 1. The van der Waals surface area contributed by atoms with E-state index in [2.05, 4.69) is 9.88 Å². The summed E-state index contributed by atoms with van der Waals surface area (Å²) in [5.41, 5.74) is 6.40. The zero-order chi connectivity index (χ0) is 11.5. The van der Waals surface area contributed by atoms with Gasteiger partial charge in [-0.1, -0.05) is 12.2 Å². The summed E-state index contributed by atoms with van der Waals surface area (Å²) >= 11 is 4.92. The molecular formula is C10H13N3OS2. The second kappa shape index (κ2) is 4.88. The fraction of sp³-hybridized carbons (Fsp3) is 0.400. The maximum Gasteiger partial charge on any atom is 0.129 e. The number of pyridine rings is 1. The van der Waals surface area contributed by atoms with Crippen molar-refractivity contribution in [3.63, 3.8) is 0 Å². The molecule has 86 valence electrons. The van der Waals surface area contributed by atoms with Crippen LogP contribution in [0, 0.1) is 0 Å². The van der Waals surface area contributed by atoms with E-state index in [1.807, 2.05) is 6.07 Å². The quantitative estimate of drug-likeness (QED) is 0.770. The molecule has 0 spiro atoms. The number of hydrogen-bond acceptors (Lipinski definition) is 4. The maximum absolute atomic E-state index is 11.2. The first-order valence-corrected chi connectivity index (χ1v) is 6.92. The molecule has 0 unspecified atom stereocenters. The number of thiocarbonyl (C=S) groups is 1. The van der Waals surface area contributed by atoms with E-state index in [-0.39, 0.29) is 0 Å². The van der Waals surface area contributed by atoms with Gasteiger partial charge in [-0.3, -0.25) is 4.21 Å². The molecule has 1 aliphatic heterocycles. The van der Waals surface area contributed by atoms with Crippen LogP contribution in [0.4, 0.5) is 5.82 Å². The molecule has 2 heterocycles. The average Bonchev–Trinajstić information content (AvgIpc) is 2.30. The second-order valence-corrected chi connectivity index (χ2v) is 5.74. The number of hydrogen-bond donors (Lipinski definition) is 1. The smallest absolute Gasteiger partial charge is 0.129 e. The third-order valence-corrected chi connectivity index (χ3v) is 4.04. The highest BCUT2D eigenvalue weighted by molar-refractivity contribution is 7.85. The lowest BCUT2D eigenvalue weighted by molar-refractivity contribution is 0.672. The van der Waals surface area contributed by atoms with Crippen LogP contribution in [0.1, 0.15) is 5.56 Å². The van der Waals surface area contributed by atoms with Crippen LogP contribution in [-0.2, 0) is 10.8 Å². The van der Waals surface area contributed by atoms with Crippen LogP contribution in [0.25, 0.3) is 0 Å². The fourth-order valence-electron chi connectivity index (χ4n) is 1.61. The molecule has 16 heavy (non-hydrogen) atoms. The molecule has 2 N–H and O–H groups in total. The van der Waals surface area contributed by atoms with Crippen molar-refractivity contribution in [1.82, 2.24) is 4.98 Å². The predicted octanol–water partition coefficient (Wildman–Crippen LogP) is 0.284. The molecule has 0 saturated carbocycles. The highest BCUT2D eigenvalue weighted by Crippen LogP contribution is 2.14. The molecule has 1 fully saturated rings. The zero-order valence-electron chi connectivity index (χ0n) is 8.76. The topological polar surface area (TPSA) is 59.2 Å². The minimum absolute atomic E-state index is 0.379. The summed E-state index contributed by atoms with van der Waals surface area (Å²) in [7, 11) is -0.669. The Hall–Kier alpha value is -1.01. The Morgan fingerprint density at radius 2 is 2.19 bits per heavy atom. The van der Waals surface area contributed by atoms with Crippen molar-refractivity contribution in [2.45, 2.75) is 0 Å². The normalized spacial score (nSPS) is 17.4. The van der Waals surface area contributed by atoms with E-state index in [4.69, 9.17) is 18.0 Å². The molecule has 0 amide bonds. The standard InChI is InChI=1S/C10H13N3OS2/c11-10(15)8-1-2-12-9(7-8)13-3-5-16(14)6-4-13/h1-2,7H,3-6H2,(H2,11,15). The molecule has 0 aromatic carbocycles. The van der Waals surface area contributed by atoms with Crippen molar-refractivity contribution in [1.29, 1.82) is 0 Å². The van der Waals surface area contributed by atoms with Gasteiger partial charge in [-0.05, 0) is 12.1 Å². The van der Waals surface area contributed by atoms with E-state index in [0.29, 0.717) is 16.5 Å². The summed E-state index contributed by atoms with van der Waals surface area (Å²) in [6.07, 6.45) is 1.70. The summed E-state index contributed by atoms with van der Waals surface area (Å²) in [6, 6.07) is 3.69. The highest BCUT2D eigenvalue weighted by atomic mass is 32.2. The lowest BCUT2D eigenvalue weighted by atomic mass is 10.2. The van der Waals surface area contributed by atoms with Gasteiger partial charge in [-0.2, -0.15) is 0 Å². The minimum Gasteiger partial charge on any atom is -0.389 e. The SMILES string of the molecule is NC(=S)c1ccnc(N2CCS(=O)CC2)c1. The molecule has 1 saturated heterocycles. The van der Waals surface area contributed by atoms with Gasteiger partial charge in [0.15, 0.2) is 0 Å². The molecule has 6 heteroatoms. The van der Waals surface area contributed by atoms with Crippen LogP contribution < -0.4 is 10.6 Å². The molecule has 2 rings (SSSR count). The first-order valence-electron chi connectivity index (χ1n) is 5.02. The molecule has 0 radical (unpaired) electrons. The predicted molar refractivity (Wildman–Crippen MR) is 70.2 cm³/mol. The van der Waals surface area contributed by atoms with Gasteiger partial charge < -0.3 is 10.6 Å². The van der Waals surface area contributed by atoms with Gasteiger partial charge in [0, 0.05) is 47.2 Å². The van der Waals surface area contributed by atoms with Crippen molar-refractivity contribution < 1.29 is 4.21 Å². The number of nitrogens with zero attached hydrogens (tertiary/aromatic N) is 2. The molecular weight excluding hydrogens is 242 g/mol. The third kappa shape index (κ3) is 2.56. The first kappa shape index (κ1) is 11.5. The van der Waals surface area contributed by atoms with Gasteiger partial charge in [0.1, 0.15) is 10.8 Å². The number of anilines is 1. The van der Waals surface area contributed by atoms with Gasteiger partial charge in [-0.15, -0.1) is 0 Å². The Labute approximate surface area is 102 Å². The lowest BCUT2D eigenvalue weighted by Crippen LogP contribution is -2.38. The molecule has 0 aliphatic carbocycles. The van der Waals surface area contributed by atoms with E-state index in [0.717, 1.165) is 24.5 Å². The minimum atomic E-state index is -0.669. The Bertz CT molecular complexity index is 426. The van der Waals surface area contributed by atoms with Gasteiger partial charge >= 0.3 is 0 Å². The molecule has 1 aromatic heterocycles. The van der Waals surface area contributed by atoms with Gasteiger partial charge in [0.25, 0.3) is 0 Å². The Morgan fingerprint density at radius 3 is 2.81 bits per heavy atom. The zero-order valence-corrected chi connectivity index (χ0v) is 10.4. The van der Waals surface area contributed by atoms with Crippen molar-refractivity contribution in [2.24, 2.45) is 5.73 Å². The van der Waals surface area contributed by atoms with Gasteiger partial charge in [0.05, 0.1) is 0 Å². The Morgan fingerprint density at radius 1 is 1.50 bits per heavy atom. The van der Waals surface area contributed by atoms with Crippen LogP contribution in [0.2, 0.25) is 0 Å². The van der Waals surface area contributed by atoms with Crippen molar-refractivity contribution in [3.8, 4) is 0 Å². The summed E-state index contributed by atoms with van der Waals surface area (Å²) in [5, 5.41) is 0. The van der Waals surface area contributed by atoms with E-state index in [1.165, 1.54) is 0 Å². The van der Waals surface area contributed by atoms with Crippen LogP contribution >= 0.6 is 12.2 Å². The monoisotopic (exact) mass is 255 g/mol. The fourth-order valence-corrected chi connectivity index (χ4v) is 2.79. The number of rotatable bonds is 2.